The number of aliphatic hydroxyl groups excluding tert-OH is 1. The summed E-state index contributed by atoms with van der Waals surface area (Å²) in [5, 5.41) is 10.5. The molecular weight excluding hydrogens is 386 g/mol. The maximum atomic E-state index is 10.5. The Balaban J connectivity index is 1.78. The Labute approximate surface area is 178 Å². The summed E-state index contributed by atoms with van der Waals surface area (Å²) in [5.74, 6) is 2.88. The van der Waals surface area contributed by atoms with Gasteiger partial charge in [0.15, 0.2) is 23.0 Å². The first-order valence-corrected chi connectivity index (χ1v) is 10.1. The zero-order chi connectivity index (χ0) is 21.5. The molecule has 0 radical (unpaired) electrons. The Hall–Kier alpha value is -2.48. The second-order valence-corrected chi connectivity index (χ2v) is 7.55. The molecule has 7 nitrogen and oxygen atoms in total. The fourth-order valence-electron chi connectivity index (χ4n) is 3.46. The Kier molecular flexibility index (Phi) is 7.79. The number of hydrogen-bond acceptors (Lipinski definition) is 7. The fourth-order valence-corrected chi connectivity index (χ4v) is 3.46. The van der Waals surface area contributed by atoms with Gasteiger partial charge in [-0.1, -0.05) is 18.2 Å². The maximum absolute atomic E-state index is 10.5. The summed E-state index contributed by atoms with van der Waals surface area (Å²) in [7, 11) is 3.26. The summed E-state index contributed by atoms with van der Waals surface area (Å²) >= 11 is 0. The van der Waals surface area contributed by atoms with Gasteiger partial charge >= 0.3 is 0 Å². The van der Waals surface area contributed by atoms with Crippen molar-refractivity contribution in [2.75, 3.05) is 34.2 Å². The first-order valence-electron chi connectivity index (χ1n) is 10.1. The van der Waals surface area contributed by atoms with Gasteiger partial charge in [0.1, 0.15) is 0 Å². The van der Waals surface area contributed by atoms with Crippen LogP contribution >= 0.6 is 0 Å². The number of rotatable bonds is 11. The Morgan fingerprint density at radius 1 is 1.03 bits per heavy atom. The molecule has 0 saturated carbocycles. The lowest BCUT2D eigenvalue weighted by Gasteiger charge is -2.27. The molecule has 30 heavy (non-hydrogen) atoms. The summed E-state index contributed by atoms with van der Waals surface area (Å²) in [6.45, 7) is 6.08. The number of hydrogen-bond donors (Lipinski definition) is 1. The molecule has 0 spiro atoms. The molecule has 1 aliphatic heterocycles. The highest BCUT2D eigenvalue weighted by atomic mass is 16.7. The smallest absolute Gasteiger partial charge is 0.231 e. The van der Waals surface area contributed by atoms with E-state index in [1.165, 1.54) is 0 Å². The average molecular weight is 418 g/mol. The Morgan fingerprint density at radius 2 is 1.83 bits per heavy atom. The molecule has 0 unspecified atom stereocenters. The molecule has 1 atom stereocenters. The summed E-state index contributed by atoms with van der Waals surface area (Å²) in [5.41, 5.74) is 2.05. The average Bonchev–Trinajstić information content (AvgIpc) is 3.19. The number of benzene rings is 2. The summed E-state index contributed by atoms with van der Waals surface area (Å²) in [6, 6.07) is 11.7. The molecule has 0 amide bonds. The number of fused-ring (bicyclic) bond motifs is 1. The predicted molar refractivity (Wildman–Crippen MR) is 113 cm³/mol. The second kappa shape index (κ2) is 10.5. The van der Waals surface area contributed by atoms with Gasteiger partial charge in [-0.15, -0.1) is 0 Å². The van der Waals surface area contributed by atoms with E-state index in [1.54, 1.807) is 14.2 Å². The van der Waals surface area contributed by atoms with Crippen LogP contribution in [0.5, 0.6) is 23.0 Å². The molecule has 7 heteroatoms. The molecule has 0 bridgehead atoms. The fraction of sp³-hybridized carbons (Fsp3) is 0.478. The van der Waals surface area contributed by atoms with Gasteiger partial charge in [-0.05, 0) is 37.6 Å². The van der Waals surface area contributed by atoms with Crippen molar-refractivity contribution < 1.29 is 28.8 Å². The molecule has 1 N–H and O–H groups in total. The van der Waals surface area contributed by atoms with Crippen LogP contribution in [0.2, 0.25) is 0 Å². The van der Waals surface area contributed by atoms with Gasteiger partial charge in [0, 0.05) is 25.2 Å². The standard InChI is InChI=1S/C23H31NO6/c1-16(2)28-14-19(25)13-24(11-17-8-9-20-22(10-17)30-15-29-20)12-18-6-5-7-21(26-3)23(18)27-4/h5-10,16,19,25H,11-15H2,1-4H3/t19-/m0/s1. The van der Waals surface area contributed by atoms with E-state index < -0.39 is 6.10 Å². The van der Waals surface area contributed by atoms with Gasteiger partial charge in [-0.25, -0.2) is 0 Å². The lowest BCUT2D eigenvalue weighted by molar-refractivity contribution is -0.0107. The van der Waals surface area contributed by atoms with Crippen molar-refractivity contribution in [3.63, 3.8) is 0 Å². The number of aliphatic hydroxyl groups is 1. The summed E-state index contributed by atoms with van der Waals surface area (Å²) < 4.78 is 27.5. The topological polar surface area (TPSA) is 69.6 Å². The quantitative estimate of drug-likeness (QED) is 0.602. The van der Waals surface area contributed by atoms with Crippen molar-refractivity contribution in [2.45, 2.75) is 39.1 Å². The SMILES string of the molecule is COc1cccc(CN(Cc2ccc3c(c2)OCO3)C[C@H](O)COC(C)C)c1OC. The Bertz CT molecular complexity index is 825. The Morgan fingerprint density at radius 3 is 2.57 bits per heavy atom. The van der Waals surface area contributed by atoms with Crippen molar-refractivity contribution in [1.29, 1.82) is 0 Å². The highest BCUT2D eigenvalue weighted by Crippen LogP contribution is 2.34. The van der Waals surface area contributed by atoms with Crippen molar-refractivity contribution in [3.05, 3.63) is 47.5 Å². The van der Waals surface area contributed by atoms with E-state index in [0.717, 1.165) is 22.6 Å². The van der Waals surface area contributed by atoms with Crippen LogP contribution in [-0.4, -0.2) is 56.4 Å². The van der Waals surface area contributed by atoms with Crippen LogP contribution in [0.4, 0.5) is 0 Å². The van der Waals surface area contributed by atoms with Crippen LogP contribution in [0.25, 0.3) is 0 Å². The second-order valence-electron chi connectivity index (χ2n) is 7.55. The molecule has 3 rings (SSSR count). The summed E-state index contributed by atoms with van der Waals surface area (Å²) in [4.78, 5) is 2.16. The highest BCUT2D eigenvalue weighted by molar-refractivity contribution is 5.47. The van der Waals surface area contributed by atoms with Crippen molar-refractivity contribution in [3.8, 4) is 23.0 Å². The molecule has 0 aliphatic carbocycles. The number of methoxy groups -OCH3 is 2. The third-order valence-electron chi connectivity index (χ3n) is 4.81. The first-order chi connectivity index (χ1) is 14.5. The molecule has 2 aromatic rings. The minimum Gasteiger partial charge on any atom is -0.493 e. The van der Waals surface area contributed by atoms with Gasteiger partial charge in [0.2, 0.25) is 6.79 Å². The van der Waals surface area contributed by atoms with E-state index in [-0.39, 0.29) is 19.5 Å². The third-order valence-corrected chi connectivity index (χ3v) is 4.81. The van der Waals surface area contributed by atoms with E-state index >= 15 is 0 Å². The van der Waals surface area contributed by atoms with Gasteiger partial charge in [0.05, 0.1) is 33.0 Å². The molecule has 1 aliphatic rings. The molecule has 164 valence electrons. The number of ether oxygens (including phenoxy) is 5. The monoisotopic (exact) mass is 417 g/mol. The van der Waals surface area contributed by atoms with Gasteiger partial charge in [-0.2, -0.15) is 0 Å². The van der Waals surface area contributed by atoms with Crippen LogP contribution in [-0.2, 0) is 17.8 Å². The largest absolute Gasteiger partial charge is 0.493 e. The normalized spacial score (nSPS) is 13.7. The molecule has 0 aromatic heterocycles. The summed E-state index contributed by atoms with van der Waals surface area (Å²) in [6.07, 6.45) is -0.543. The van der Waals surface area contributed by atoms with Gasteiger partial charge in [0.25, 0.3) is 0 Å². The van der Waals surface area contributed by atoms with Crippen molar-refractivity contribution in [2.24, 2.45) is 0 Å². The van der Waals surface area contributed by atoms with Crippen molar-refractivity contribution in [1.82, 2.24) is 4.90 Å². The molecule has 1 heterocycles. The van der Waals surface area contributed by atoms with Crippen LogP contribution in [0.1, 0.15) is 25.0 Å². The zero-order valence-electron chi connectivity index (χ0n) is 18.1. The minimum absolute atomic E-state index is 0.0699. The zero-order valence-corrected chi connectivity index (χ0v) is 18.1. The van der Waals surface area contributed by atoms with Crippen LogP contribution in [0.3, 0.4) is 0 Å². The van der Waals surface area contributed by atoms with Crippen LogP contribution in [0, 0.1) is 0 Å². The highest BCUT2D eigenvalue weighted by Gasteiger charge is 2.19. The van der Waals surface area contributed by atoms with Gasteiger partial charge < -0.3 is 28.8 Å². The van der Waals surface area contributed by atoms with Crippen LogP contribution < -0.4 is 18.9 Å². The molecule has 0 saturated heterocycles. The number of para-hydroxylation sites is 1. The predicted octanol–water partition coefficient (Wildman–Crippen LogP) is 3.22. The first kappa shape index (κ1) is 22.2. The van der Waals surface area contributed by atoms with Crippen molar-refractivity contribution >= 4 is 0 Å². The minimum atomic E-state index is -0.613. The lowest BCUT2D eigenvalue weighted by atomic mass is 10.1. The molecular formula is C23H31NO6. The van der Waals surface area contributed by atoms with E-state index in [4.69, 9.17) is 23.7 Å². The lowest BCUT2D eigenvalue weighted by Crippen LogP contribution is -2.35. The molecule has 2 aromatic carbocycles. The van der Waals surface area contributed by atoms with Gasteiger partial charge in [-0.3, -0.25) is 4.90 Å². The van der Waals surface area contributed by atoms with Crippen LogP contribution in [0.15, 0.2) is 36.4 Å². The van der Waals surface area contributed by atoms with E-state index in [0.29, 0.717) is 31.1 Å². The molecule has 0 fully saturated rings. The van der Waals surface area contributed by atoms with E-state index in [9.17, 15) is 5.11 Å². The third kappa shape index (κ3) is 5.78. The maximum Gasteiger partial charge on any atom is 0.231 e. The van der Waals surface area contributed by atoms with E-state index in [1.807, 2.05) is 50.2 Å². The number of nitrogens with zero attached hydrogens (tertiary/aromatic N) is 1. The van der Waals surface area contributed by atoms with E-state index in [2.05, 4.69) is 4.90 Å².